The van der Waals surface area contributed by atoms with Gasteiger partial charge in [0.2, 0.25) is 0 Å². The first kappa shape index (κ1) is 15.5. The molecule has 7 heteroatoms. The summed E-state index contributed by atoms with van der Waals surface area (Å²) in [6.07, 6.45) is 1.93. The van der Waals surface area contributed by atoms with Gasteiger partial charge >= 0.3 is 5.97 Å². The van der Waals surface area contributed by atoms with E-state index in [1.165, 1.54) is 18.9 Å². The quantitative estimate of drug-likeness (QED) is 0.633. The van der Waals surface area contributed by atoms with E-state index in [9.17, 15) is 9.59 Å². The fraction of sp³-hybridized carbons (Fsp3) is 0.429. The summed E-state index contributed by atoms with van der Waals surface area (Å²) >= 11 is 1.51. The Balaban J connectivity index is 2.72. The first-order chi connectivity index (χ1) is 9.97. The van der Waals surface area contributed by atoms with Crippen LogP contribution in [0, 0.1) is 0 Å². The molecule has 0 fully saturated rings. The van der Waals surface area contributed by atoms with Crippen LogP contribution in [0.15, 0.2) is 22.0 Å². The number of hydrogen-bond donors (Lipinski definition) is 0. The number of carbonyl (C=O) groups is 1. The number of rotatable bonds is 4. The minimum Gasteiger partial charge on any atom is -0.468 e. The highest BCUT2D eigenvalue weighted by Gasteiger charge is 2.16. The lowest BCUT2D eigenvalue weighted by Crippen LogP contribution is -2.29. The molecule has 112 valence electrons. The Morgan fingerprint density at radius 3 is 2.71 bits per heavy atom. The molecule has 2 rings (SSSR count). The average Bonchev–Trinajstić information content (AvgIpc) is 2.48. The Morgan fingerprint density at radius 2 is 2.14 bits per heavy atom. The van der Waals surface area contributed by atoms with Crippen LogP contribution in [0.5, 0.6) is 0 Å². The SMILES string of the molecule is COC(=O)Cn1nc(C(C)C)c2nc(SC)ccc2c1=O. The summed E-state index contributed by atoms with van der Waals surface area (Å²) in [4.78, 5) is 28.3. The van der Waals surface area contributed by atoms with Crippen molar-refractivity contribution in [2.75, 3.05) is 13.4 Å². The second-order valence-electron chi connectivity index (χ2n) is 4.83. The summed E-state index contributed by atoms with van der Waals surface area (Å²) < 4.78 is 5.74. The molecule has 2 aromatic rings. The Labute approximate surface area is 126 Å². The van der Waals surface area contributed by atoms with Gasteiger partial charge in [0.25, 0.3) is 5.56 Å². The molecule has 0 aromatic carbocycles. The van der Waals surface area contributed by atoms with Gasteiger partial charge in [-0.05, 0) is 24.3 Å². The predicted octanol–water partition coefficient (Wildman–Crippen LogP) is 1.81. The normalized spacial score (nSPS) is 11.1. The van der Waals surface area contributed by atoms with Gasteiger partial charge in [-0.2, -0.15) is 5.10 Å². The molecule has 0 aliphatic rings. The molecule has 0 saturated carbocycles. The van der Waals surface area contributed by atoms with E-state index in [0.717, 1.165) is 9.71 Å². The molecular formula is C14H17N3O3S. The number of ether oxygens (including phenoxy) is 1. The topological polar surface area (TPSA) is 74.1 Å². The molecule has 0 aliphatic carbocycles. The molecule has 0 unspecified atom stereocenters. The fourth-order valence-electron chi connectivity index (χ4n) is 1.97. The second kappa shape index (κ2) is 6.26. The molecule has 0 bridgehead atoms. The average molecular weight is 307 g/mol. The fourth-order valence-corrected chi connectivity index (χ4v) is 2.35. The minimum absolute atomic E-state index is 0.0848. The monoisotopic (exact) mass is 307 g/mol. The Kier molecular flexibility index (Phi) is 4.62. The number of methoxy groups -OCH3 is 1. The summed E-state index contributed by atoms with van der Waals surface area (Å²) in [5.74, 6) is -0.422. The van der Waals surface area contributed by atoms with Crippen LogP contribution in [0.25, 0.3) is 10.9 Å². The van der Waals surface area contributed by atoms with Gasteiger partial charge in [-0.3, -0.25) is 9.59 Å². The summed E-state index contributed by atoms with van der Waals surface area (Å²) in [6.45, 7) is 3.75. The molecule has 21 heavy (non-hydrogen) atoms. The van der Waals surface area contributed by atoms with Gasteiger partial charge in [0.05, 0.1) is 23.2 Å². The predicted molar refractivity (Wildman–Crippen MR) is 81.7 cm³/mol. The zero-order valence-corrected chi connectivity index (χ0v) is 13.2. The van der Waals surface area contributed by atoms with E-state index in [0.29, 0.717) is 16.6 Å². The first-order valence-corrected chi connectivity index (χ1v) is 7.73. The van der Waals surface area contributed by atoms with Crippen molar-refractivity contribution >= 4 is 28.6 Å². The van der Waals surface area contributed by atoms with E-state index >= 15 is 0 Å². The van der Waals surface area contributed by atoms with Crippen molar-refractivity contribution in [3.05, 3.63) is 28.2 Å². The van der Waals surface area contributed by atoms with Crippen molar-refractivity contribution in [2.45, 2.75) is 31.3 Å². The van der Waals surface area contributed by atoms with E-state index in [2.05, 4.69) is 14.8 Å². The van der Waals surface area contributed by atoms with Crippen molar-refractivity contribution in [1.82, 2.24) is 14.8 Å². The van der Waals surface area contributed by atoms with Crippen molar-refractivity contribution < 1.29 is 9.53 Å². The lowest BCUT2D eigenvalue weighted by molar-refractivity contribution is -0.141. The third-order valence-electron chi connectivity index (χ3n) is 3.07. The Morgan fingerprint density at radius 1 is 1.43 bits per heavy atom. The maximum absolute atomic E-state index is 12.4. The van der Waals surface area contributed by atoms with Crippen LogP contribution >= 0.6 is 11.8 Å². The van der Waals surface area contributed by atoms with Crippen LogP contribution < -0.4 is 5.56 Å². The van der Waals surface area contributed by atoms with Gasteiger partial charge in [-0.1, -0.05) is 13.8 Å². The van der Waals surface area contributed by atoms with Crippen LogP contribution in [0.2, 0.25) is 0 Å². The van der Waals surface area contributed by atoms with E-state index in [-0.39, 0.29) is 18.0 Å². The summed E-state index contributed by atoms with van der Waals surface area (Å²) in [5.41, 5.74) is 0.965. The largest absolute Gasteiger partial charge is 0.468 e. The van der Waals surface area contributed by atoms with Crippen LogP contribution in [0.4, 0.5) is 0 Å². The highest BCUT2D eigenvalue weighted by Crippen LogP contribution is 2.22. The van der Waals surface area contributed by atoms with Crippen molar-refractivity contribution in [3.8, 4) is 0 Å². The smallest absolute Gasteiger partial charge is 0.327 e. The van der Waals surface area contributed by atoms with Crippen LogP contribution in [0.3, 0.4) is 0 Å². The van der Waals surface area contributed by atoms with Gasteiger partial charge in [0.15, 0.2) is 0 Å². The molecule has 0 amide bonds. The maximum atomic E-state index is 12.4. The highest BCUT2D eigenvalue weighted by molar-refractivity contribution is 7.98. The molecular weight excluding hydrogens is 290 g/mol. The molecule has 0 saturated heterocycles. The van der Waals surface area contributed by atoms with Gasteiger partial charge in [0, 0.05) is 0 Å². The Bertz CT molecular complexity index is 740. The van der Waals surface area contributed by atoms with Crippen molar-refractivity contribution in [2.24, 2.45) is 0 Å². The van der Waals surface area contributed by atoms with E-state index < -0.39 is 5.97 Å². The molecule has 2 heterocycles. The molecule has 6 nitrogen and oxygen atoms in total. The van der Waals surface area contributed by atoms with Gasteiger partial charge in [0.1, 0.15) is 12.1 Å². The highest BCUT2D eigenvalue weighted by atomic mass is 32.2. The third kappa shape index (κ3) is 3.07. The van der Waals surface area contributed by atoms with E-state index in [1.54, 1.807) is 12.1 Å². The van der Waals surface area contributed by atoms with Crippen molar-refractivity contribution in [3.63, 3.8) is 0 Å². The van der Waals surface area contributed by atoms with Gasteiger partial charge < -0.3 is 4.74 Å². The summed E-state index contributed by atoms with van der Waals surface area (Å²) in [5, 5.41) is 5.59. The molecule has 0 N–H and O–H groups in total. The van der Waals surface area contributed by atoms with Crippen LogP contribution in [-0.4, -0.2) is 34.1 Å². The van der Waals surface area contributed by atoms with Crippen LogP contribution in [0.1, 0.15) is 25.5 Å². The zero-order chi connectivity index (χ0) is 15.6. The first-order valence-electron chi connectivity index (χ1n) is 6.50. The lowest BCUT2D eigenvalue weighted by atomic mass is 10.1. The second-order valence-corrected chi connectivity index (χ2v) is 5.66. The van der Waals surface area contributed by atoms with Gasteiger partial charge in [-0.15, -0.1) is 11.8 Å². The third-order valence-corrected chi connectivity index (χ3v) is 3.71. The number of pyridine rings is 1. The maximum Gasteiger partial charge on any atom is 0.327 e. The summed E-state index contributed by atoms with van der Waals surface area (Å²) in [6, 6.07) is 3.53. The number of fused-ring (bicyclic) bond motifs is 1. The minimum atomic E-state index is -0.507. The molecule has 0 aliphatic heterocycles. The molecule has 0 spiro atoms. The number of nitrogens with zero attached hydrogens (tertiary/aromatic N) is 3. The number of esters is 1. The number of aromatic nitrogens is 3. The number of hydrogen-bond acceptors (Lipinski definition) is 6. The van der Waals surface area contributed by atoms with E-state index in [1.807, 2.05) is 20.1 Å². The standard InChI is InChI=1S/C14H17N3O3S/c1-8(2)12-13-9(5-6-10(15-13)21-4)14(19)17(16-12)7-11(18)20-3/h5-6,8H,7H2,1-4H3. The number of carbonyl (C=O) groups excluding carboxylic acids is 1. The molecule has 0 atom stereocenters. The van der Waals surface area contributed by atoms with Crippen molar-refractivity contribution in [1.29, 1.82) is 0 Å². The van der Waals surface area contributed by atoms with Gasteiger partial charge in [-0.25, -0.2) is 9.67 Å². The van der Waals surface area contributed by atoms with E-state index in [4.69, 9.17) is 0 Å². The number of thioether (sulfide) groups is 1. The summed E-state index contributed by atoms with van der Waals surface area (Å²) in [7, 11) is 1.28. The molecule has 2 aromatic heterocycles. The van der Waals surface area contributed by atoms with Crippen LogP contribution in [-0.2, 0) is 16.1 Å². The lowest BCUT2D eigenvalue weighted by Gasteiger charge is -2.12. The molecule has 0 radical (unpaired) electrons. The zero-order valence-electron chi connectivity index (χ0n) is 12.4. The Hall–Kier alpha value is -1.89.